The maximum atomic E-state index is 13.2. The molecule has 0 fully saturated rings. The summed E-state index contributed by atoms with van der Waals surface area (Å²) >= 11 is 0. The van der Waals surface area contributed by atoms with Crippen LogP contribution in [-0.2, 0) is 9.59 Å². The lowest BCUT2D eigenvalue weighted by atomic mass is 9.98. The molecule has 0 atom stereocenters. The number of amidine groups is 1. The molecular weight excluding hydrogens is 468 g/mol. The van der Waals surface area contributed by atoms with Gasteiger partial charge in [-0.15, -0.1) is 0 Å². The zero-order chi connectivity index (χ0) is 26.9. The summed E-state index contributed by atoms with van der Waals surface area (Å²) < 4.78 is 0. The molecule has 2 aromatic rings. The van der Waals surface area contributed by atoms with Gasteiger partial charge in [0.1, 0.15) is 5.84 Å². The summed E-state index contributed by atoms with van der Waals surface area (Å²) in [6.45, 7) is 5.56. The fourth-order valence-electron chi connectivity index (χ4n) is 4.23. The Kier molecular flexibility index (Phi) is 9.43. The molecule has 0 bridgehead atoms. The minimum absolute atomic E-state index is 0.00426. The van der Waals surface area contributed by atoms with Crippen LogP contribution in [0.15, 0.2) is 47.0 Å². The van der Waals surface area contributed by atoms with Crippen LogP contribution in [0, 0.1) is 0 Å². The van der Waals surface area contributed by atoms with Crippen molar-refractivity contribution in [1.82, 2.24) is 15.5 Å². The Morgan fingerprint density at radius 1 is 0.973 bits per heavy atom. The van der Waals surface area contributed by atoms with Crippen molar-refractivity contribution in [3.8, 4) is 11.1 Å². The number of carbonyl (C=O) groups is 3. The molecule has 3 rings (SSSR count). The predicted molar refractivity (Wildman–Crippen MR) is 149 cm³/mol. The van der Waals surface area contributed by atoms with Crippen molar-refractivity contribution < 1.29 is 14.4 Å². The lowest BCUT2D eigenvalue weighted by Crippen LogP contribution is -2.34. The van der Waals surface area contributed by atoms with Gasteiger partial charge in [-0.2, -0.15) is 0 Å². The van der Waals surface area contributed by atoms with Crippen LogP contribution in [0.4, 0.5) is 11.4 Å². The highest BCUT2D eigenvalue weighted by Gasteiger charge is 2.21. The molecule has 0 spiro atoms. The molecule has 0 saturated heterocycles. The van der Waals surface area contributed by atoms with Crippen molar-refractivity contribution in [1.29, 1.82) is 0 Å². The molecule has 37 heavy (non-hydrogen) atoms. The van der Waals surface area contributed by atoms with E-state index in [4.69, 9.17) is 5.73 Å². The molecule has 196 valence electrons. The SMILES string of the molecule is CCCN(CCC)C(=O)C1=Cc2ccc(-c3ccc(C(=O)NC)c(NCC(=O)NC)c3)cc2N=C(N)C1. The third kappa shape index (κ3) is 6.75. The van der Waals surface area contributed by atoms with Crippen molar-refractivity contribution in [2.75, 3.05) is 39.0 Å². The molecule has 0 unspecified atom stereocenters. The Morgan fingerprint density at radius 2 is 1.65 bits per heavy atom. The molecule has 1 heterocycles. The Bertz CT molecular complexity index is 1230. The number of likely N-dealkylation sites (N-methyl/N-ethyl adjacent to an activating group) is 1. The number of nitrogens with one attached hydrogen (secondary N) is 3. The molecule has 0 aromatic heterocycles. The molecule has 1 aliphatic heterocycles. The average Bonchev–Trinajstić information content (AvgIpc) is 3.07. The lowest BCUT2D eigenvalue weighted by molar-refractivity contribution is -0.127. The van der Waals surface area contributed by atoms with Gasteiger partial charge in [0.25, 0.3) is 5.91 Å². The number of benzene rings is 2. The first-order chi connectivity index (χ1) is 17.8. The highest BCUT2D eigenvalue weighted by atomic mass is 16.2. The Balaban J connectivity index is 1.98. The Hall–Kier alpha value is -4.14. The summed E-state index contributed by atoms with van der Waals surface area (Å²) in [6, 6.07) is 11.2. The van der Waals surface area contributed by atoms with Crippen molar-refractivity contribution in [2.45, 2.75) is 33.1 Å². The van der Waals surface area contributed by atoms with Gasteiger partial charge in [0.15, 0.2) is 0 Å². The molecule has 0 saturated carbocycles. The normalized spacial score (nSPS) is 12.4. The lowest BCUT2D eigenvalue weighted by Gasteiger charge is -2.22. The second-order valence-corrected chi connectivity index (χ2v) is 8.88. The highest BCUT2D eigenvalue weighted by Crippen LogP contribution is 2.33. The van der Waals surface area contributed by atoms with E-state index in [1.807, 2.05) is 41.3 Å². The first-order valence-corrected chi connectivity index (χ1v) is 12.6. The summed E-state index contributed by atoms with van der Waals surface area (Å²) in [7, 11) is 3.12. The Morgan fingerprint density at radius 3 is 2.30 bits per heavy atom. The van der Waals surface area contributed by atoms with E-state index in [1.165, 1.54) is 0 Å². The molecule has 9 heteroatoms. The van der Waals surface area contributed by atoms with Crippen molar-refractivity contribution in [3.05, 3.63) is 53.1 Å². The molecule has 0 radical (unpaired) electrons. The zero-order valence-electron chi connectivity index (χ0n) is 22.0. The van der Waals surface area contributed by atoms with Gasteiger partial charge in [0.05, 0.1) is 17.8 Å². The maximum absolute atomic E-state index is 13.2. The average molecular weight is 505 g/mol. The number of nitrogens with two attached hydrogens (primary N) is 1. The van der Waals surface area contributed by atoms with E-state index in [-0.39, 0.29) is 24.3 Å². The van der Waals surface area contributed by atoms with E-state index in [2.05, 4.69) is 34.8 Å². The van der Waals surface area contributed by atoms with Gasteiger partial charge in [-0.05, 0) is 48.2 Å². The minimum atomic E-state index is -0.257. The Labute approximate surface area is 218 Å². The standard InChI is InChI=1S/C28H36N6O3/c1-5-11-34(12-6-2)28(37)21-13-20-8-7-18(14-23(20)33-25(29)16-21)19-9-10-22(27(36)31-4)24(15-19)32-17-26(35)30-3/h7-10,13-15,32H,5-6,11-12,16-17H2,1-4H3,(H2,29,33)(H,30,35)(H,31,36). The molecule has 1 aliphatic rings. The van der Waals surface area contributed by atoms with E-state index in [0.29, 0.717) is 47.9 Å². The molecule has 2 aromatic carbocycles. The van der Waals surface area contributed by atoms with Crippen LogP contribution in [0.2, 0.25) is 0 Å². The number of aliphatic imine (C=N–C) groups is 1. The van der Waals surface area contributed by atoms with Gasteiger partial charge < -0.3 is 26.6 Å². The monoisotopic (exact) mass is 504 g/mol. The topological polar surface area (TPSA) is 129 Å². The van der Waals surface area contributed by atoms with Gasteiger partial charge in [-0.1, -0.05) is 32.0 Å². The second-order valence-electron chi connectivity index (χ2n) is 8.88. The van der Waals surface area contributed by atoms with E-state index in [0.717, 1.165) is 29.5 Å². The summed E-state index contributed by atoms with van der Waals surface area (Å²) in [6.07, 6.45) is 3.96. The maximum Gasteiger partial charge on any atom is 0.253 e. The summed E-state index contributed by atoms with van der Waals surface area (Å²) in [5, 5.41) is 8.23. The number of hydrogen-bond donors (Lipinski definition) is 4. The number of rotatable bonds is 10. The highest BCUT2D eigenvalue weighted by molar-refractivity contribution is 6.06. The molecular formula is C28H36N6O3. The third-order valence-corrected chi connectivity index (χ3v) is 6.09. The zero-order valence-corrected chi connectivity index (χ0v) is 22.0. The number of anilines is 1. The van der Waals surface area contributed by atoms with E-state index in [9.17, 15) is 14.4 Å². The van der Waals surface area contributed by atoms with E-state index < -0.39 is 0 Å². The van der Waals surface area contributed by atoms with Crippen molar-refractivity contribution in [3.63, 3.8) is 0 Å². The molecule has 3 amide bonds. The molecule has 0 aliphatic carbocycles. The fourth-order valence-corrected chi connectivity index (χ4v) is 4.23. The predicted octanol–water partition coefficient (Wildman–Crippen LogP) is 3.30. The first-order valence-electron chi connectivity index (χ1n) is 12.6. The summed E-state index contributed by atoms with van der Waals surface area (Å²) in [5.41, 5.74) is 11.0. The number of fused-ring (bicyclic) bond motifs is 1. The van der Waals surface area contributed by atoms with Crippen LogP contribution in [0.1, 0.15) is 49.0 Å². The van der Waals surface area contributed by atoms with Crippen molar-refractivity contribution in [2.24, 2.45) is 10.7 Å². The molecule has 9 nitrogen and oxygen atoms in total. The number of carbonyl (C=O) groups excluding carboxylic acids is 3. The van der Waals surface area contributed by atoms with Crippen molar-refractivity contribution >= 4 is 41.0 Å². The van der Waals surface area contributed by atoms with Crippen LogP contribution in [0.3, 0.4) is 0 Å². The smallest absolute Gasteiger partial charge is 0.253 e. The number of hydrogen-bond acceptors (Lipinski definition) is 6. The largest absolute Gasteiger partial charge is 0.387 e. The van der Waals surface area contributed by atoms with E-state index in [1.54, 1.807) is 20.2 Å². The van der Waals surface area contributed by atoms with E-state index >= 15 is 0 Å². The van der Waals surface area contributed by atoms with Gasteiger partial charge in [0.2, 0.25) is 11.8 Å². The number of nitrogens with zero attached hydrogens (tertiary/aromatic N) is 2. The van der Waals surface area contributed by atoms with Gasteiger partial charge >= 0.3 is 0 Å². The quantitative estimate of drug-likeness (QED) is 0.395. The second kappa shape index (κ2) is 12.7. The van der Waals surface area contributed by atoms with Gasteiger partial charge in [-0.3, -0.25) is 14.4 Å². The van der Waals surface area contributed by atoms with Crippen LogP contribution in [0.5, 0.6) is 0 Å². The van der Waals surface area contributed by atoms with Crippen LogP contribution in [0.25, 0.3) is 17.2 Å². The first kappa shape index (κ1) is 27.4. The van der Waals surface area contributed by atoms with Crippen LogP contribution < -0.4 is 21.7 Å². The fraction of sp³-hybridized carbons (Fsp3) is 0.357. The van der Waals surface area contributed by atoms with Crippen LogP contribution >= 0.6 is 0 Å². The molecule has 5 N–H and O–H groups in total. The van der Waals surface area contributed by atoms with Crippen LogP contribution in [-0.4, -0.2) is 62.2 Å². The van der Waals surface area contributed by atoms with Gasteiger partial charge in [0, 0.05) is 50.4 Å². The summed E-state index contributed by atoms with van der Waals surface area (Å²) in [4.78, 5) is 43.8. The summed E-state index contributed by atoms with van der Waals surface area (Å²) in [5.74, 6) is -0.0776. The number of amides is 3. The third-order valence-electron chi connectivity index (χ3n) is 6.09. The minimum Gasteiger partial charge on any atom is -0.387 e. The van der Waals surface area contributed by atoms with Gasteiger partial charge in [-0.25, -0.2) is 4.99 Å².